The van der Waals surface area contributed by atoms with E-state index >= 15 is 0 Å². The number of fused-ring (bicyclic) bond motifs is 2. The van der Waals surface area contributed by atoms with Gasteiger partial charge in [0.05, 0.1) is 17.4 Å². The van der Waals surface area contributed by atoms with Gasteiger partial charge < -0.3 is 20.1 Å². The number of thiophene rings is 1. The Morgan fingerprint density at radius 2 is 2.17 bits per heavy atom. The third kappa shape index (κ3) is 4.14. The standard InChI is InChI=1S/C21H26N4O3S2/c1-11-8-13-16(10-25(11)20(27)28-21(3,4)5)30-18(23-12(2)26)17(13)19-24-14-9-22-7-6-15(14)29-19/h6-7,9,11-12,23,26H,8,10H2,1-5H3. The van der Waals surface area contributed by atoms with Crippen LogP contribution in [-0.2, 0) is 17.7 Å². The van der Waals surface area contributed by atoms with Gasteiger partial charge in [0.1, 0.15) is 27.4 Å². The van der Waals surface area contributed by atoms with Gasteiger partial charge in [0.25, 0.3) is 0 Å². The highest BCUT2D eigenvalue weighted by molar-refractivity contribution is 7.22. The van der Waals surface area contributed by atoms with Crippen LogP contribution in [-0.4, -0.2) is 43.9 Å². The second-order valence-electron chi connectivity index (χ2n) is 8.55. The number of thiazole rings is 1. The molecule has 0 bridgehead atoms. The zero-order valence-electron chi connectivity index (χ0n) is 17.7. The van der Waals surface area contributed by atoms with E-state index in [0.29, 0.717) is 13.0 Å². The first kappa shape index (κ1) is 21.0. The molecule has 160 valence electrons. The van der Waals surface area contributed by atoms with Crippen LogP contribution in [0.15, 0.2) is 18.5 Å². The van der Waals surface area contributed by atoms with Gasteiger partial charge in [-0.05, 0) is 52.7 Å². The molecule has 2 N–H and O–H groups in total. The van der Waals surface area contributed by atoms with Gasteiger partial charge in [0.15, 0.2) is 0 Å². The van der Waals surface area contributed by atoms with Gasteiger partial charge >= 0.3 is 6.09 Å². The zero-order chi connectivity index (χ0) is 21.6. The quantitative estimate of drug-likeness (QED) is 0.559. The van der Waals surface area contributed by atoms with Crippen LogP contribution in [0.4, 0.5) is 9.80 Å². The Morgan fingerprint density at radius 1 is 1.40 bits per heavy atom. The summed E-state index contributed by atoms with van der Waals surface area (Å²) in [6.45, 7) is 9.85. The van der Waals surface area contributed by atoms with Crippen molar-refractivity contribution in [3.8, 4) is 10.6 Å². The molecule has 2 unspecified atom stereocenters. The van der Waals surface area contributed by atoms with Gasteiger partial charge in [-0.2, -0.15) is 0 Å². The molecule has 0 aromatic carbocycles. The van der Waals surface area contributed by atoms with Gasteiger partial charge in [-0.25, -0.2) is 9.78 Å². The molecule has 0 fully saturated rings. The summed E-state index contributed by atoms with van der Waals surface area (Å²) in [7, 11) is 0. The van der Waals surface area contributed by atoms with E-state index in [4.69, 9.17) is 9.72 Å². The summed E-state index contributed by atoms with van der Waals surface area (Å²) in [5.74, 6) is 0. The van der Waals surface area contributed by atoms with Crippen LogP contribution in [0, 0.1) is 0 Å². The highest BCUT2D eigenvalue weighted by atomic mass is 32.1. The molecule has 3 aromatic rings. The molecule has 4 rings (SSSR count). The largest absolute Gasteiger partial charge is 0.444 e. The van der Waals surface area contributed by atoms with Gasteiger partial charge in [0.2, 0.25) is 0 Å². The van der Waals surface area contributed by atoms with Crippen molar-refractivity contribution < 1.29 is 14.6 Å². The first-order valence-corrected chi connectivity index (χ1v) is 11.6. The molecular weight excluding hydrogens is 420 g/mol. The number of amides is 1. The van der Waals surface area contributed by atoms with Crippen molar-refractivity contribution in [2.75, 3.05) is 5.32 Å². The maximum absolute atomic E-state index is 12.7. The molecule has 0 radical (unpaired) electrons. The fraction of sp³-hybridized carbons (Fsp3) is 0.476. The predicted octanol–water partition coefficient (Wildman–Crippen LogP) is 4.85. The Balaban J connectivity index is 1.75. The van der Waals surface area contributed by atoms with E-state index in [1.807, 2.05) is 33.8 Å². The lowest BCUT2D eigenvalue weighted by molar-refractivity contribution is 0.0142. The molecule has 30 heavy (non-hydrogen) atoms. The molecule has 1 amide bonds. The Morgan fingerprint density at radius 3 is 2.83 bits per heavy atom. The van der Waals surface area contributed by atoms with Crippen LogP contribution in [0.1, 0.15) is 45.1 Å². The highest BCUT2D eigenvalue weighted by Gasteiger charge is 2.35. The van der Waals surface area contributed by atoms with Crippen molar-refractivity contribution in [3.63, 3.8) is 0 Å². The Bertz CT molecular complexity index is 1050. The summed E-state index contributed by atoms with van der Waals surface area (Å²) in [6, 6.07) is 1.96. The normalized spacial score (nSPS) is 17.7. The van der Waals surface area contributed by atoms with Crippen molar-refractivity contribution in [2.24, 2.45) is 0 Å². The molecule has 0 saturated heterocycles. The van der Waals surface area contributed by atoms with Crippen molar-refractivity contribution in [3.05, 3.63) is 28.9 Å². The number of pyridine rings is 1. The number of nitrogens with one attached hydrogen (secondary N) is 1. The number of rotatable bonds is 3. The third-order valence-electron chi connectivity index (χ3n) is 4.81. The average Bonchev–Trinajstić information content (AvgIpc) is 3.18. The molecular formula is C21H26N4O3S2. The van der Waals surface area contributed by atoms with E-state index in [-0.39, 0.29) is 12.1 Å². The summed E-state index contributed by atoms with van der Waals surface area (Å²) >= 11 is 3.18. The number of aliphatic hydroxyl groups excluding tert-OH is 1. The first-order valence-electron chi connectivity index (χ1n) is 9.92. The lowest BCUT2D eigenvalue weighted by atomic mass is 9.97. The minimum absolute atomic E-state index is 0.00357. The number of carbonyl (C=O) groups excluding carboxylic acids is 1. The number of aromatic nitrogens is 2. The number of aliphatic hydroxyl groups is 1. The monoisotopic (exact) mass is 446 g/mol. The molecule has 7 nitrogen and oxygen atoms in total. The second kappa shape index (κ2) is 7.79. The van der Waals surface area contributed by atoms with Gasteiger partial charge in [-0.15, -0.1) is 22.7 Å². The molecule has 0 spiro atoms. The van der Waals surface area contributed by atoms with Crippen LogP contribution in [0.3, 0.4) is 0 Å². The van der Waals surface area contributed by atoms with Crippen molar-refractivity contribution in [1.82, 2.24) is 14.9 Å². The van der Waals surface area contributed by atoms with E-state index < -0.39 is 11.8 Å². The van der Waals surface area contributed by atoms with Crippen LogP contribution >= 0.6 is 22.7 Å². The van der Waals surface area contributed by atoms with Crippen LogP contribution in [0.5, 0.6) is 0 Å². The van der Waals surface area contributed by atoms with Crippen molar-refractivity contribution in [1.29, 1.82) is 0 Å². The smallest absolute Gasteiger partial charge is 0.410 e. The van der Waals surface area contributed by atoms with Gasteiger partial charge in [-0.1, -0.05) is 0 Å². The Kier molecular flexibility index (Phi) is 5.46. The number of hydrogen-bond acceptors (Lipinski definition) is 8. The third-order valence-corrected chi connectivity index (χ3v) is 7.01. The SMILES string of the molecule is CC(O)Nc1sc2c(c1-c1nc3cnccc3s1)CC(C)N(C(=O)OC(C)(C)C)C2. The maximum atomic E-state index is 12.7. The molecule has 1 aliphatic heterocycles. The summed E-state index contributed by atoms with van der Waals surface area (Å²) in [5.41, 5.74) is 2.53. The van der Waals surface area contributed by atoms with Crippen molar-refractivity contribution in [2.45, 2.75) is 65.5 Å². The van der Waals surface area contributed by atoms with E-state index in [9.17, 15) is 9.90 Å². The number of hydrogen-bond donors (Lipinski definition) is 2. The zero-order valence-corrected chi connectivity index (χ0v) is 19.4. The number of anilines is 1. The van der Waals surface area contributed by atoms with E-state index in [2.05, 4.69) is 10.3 Å². The fourth-order valence-electron chi connectivity index (χ4n) is 3.54. The molecule has 3 aromatic heterocycles. The first-order chi connectivity index (χ1) is 14.1. The minimum Gasteiger partial charge on any atom is -0.444 e. The molecule has 0 aliphatic carbocycles. The van der Waals surface area contributed by atoms with Gasteiger partial charge in [0, 0.05) is 22.7 Å². The molecule has 1 aliphatic rings. The summed E-state index contributed by atoms with van der Waals surface area (Å²) < 4.78 is 6.68. The van der Waals surface area contributed by atoms with Gasteiger partial charge in [-0.3, -0.25) is 4.98 Å². The average molecular weight is 447 g/mol. The van der Waals surface area contributed by atoms with Crippen LogP contribution < -0.4 is 5.32 Å². The summed E-state index contributed by atoms with van der Waals surface area (Å²) in [6.07, 6.45) is 3.24. The van der Waals surface area contributed by atoms with E-state index in [1.165, 1.54) is 5.56 Å². The highest BCUT2D eigenvalue weighted by Crippen LogP contribution is 2.46. The Hall–Kier alpha value is -2.23. The molecule has 2 atom stereocenters. The lowest BCUT2D eigenvalue weighted by Gasteiger charge is -2.35. The number of nitrogens with zero attached hydrogens (tertiary/aromatic N) is 3. The van der Waals surface area contributed by atoms with Crippen LogP contribution in [0.25, 0.3) is 20.8 Å². The molecule has 4 heterocycles. The summed E-state index contributed by atoms with van der Waals surface area (Å²) in [5, 5.41) is 14.9. The number of ether oxygens (including phenoxy) is 1. The number of carbonyl (C=O) groups is 1. The minimum atomic E-state index is -0.695. The maximum Gasteiger partial charge on any atom is 0.410 e. The molecule has 9 heteroatoms. The van der Waals surface area contributed by atoms with E-state index in [1.54, 1.807) is 46.9 Å². The van der Waals surface area contributed by atoms with E-state index in [0.717, 1.165) is 30.7 Å². The summed E-state index contributed by atoms with van der Waals surface area (Å²) in [4.78, 5) is 24.6. The topological polar surface area (TPSA) is 87.6 Å². The Labute approximate surface area is 183 Å². The predicted molar refractivity (Wildman–Crippen MR) is 121 cm³/mol. The second-order valence-corrected chi connectivity index (χ2v) is 10.7. The van der Waals surface area contributed by atoms with Crippen LogP contribution in [0.2, 0.25) is 0 Å². The lowest BCUT2D eigenvalue weighted by Crippen LogP contribution is -2.44. The van der Waals surface area contributed by atoms with Crippen molar-refractivity contribution >= 4 is 44.0 Å². The fourth-order valence-corrected chi connectivity index (χ4v) is 5.93. The molecule has 0 saturated carbocycles.